The van der Waals surface area contributed by atoms with Gasteiger partial charge in [0.05, 0.1) is 29.3 Å². The highest BCUT2D eigenvalue weighted by Crippen LogP contribution is 2.46. The van der Waals surface area contributed by atoms with Gasteiger partial charge in [-0.25, -0.2) is 14.3 Å². The van der Waals surface area contributed by atoms with Crippen LogP contribution in [0.15, 0.2) is 33.2 Å². The Bertz CT molecular complexity index is 1460. The molecule has 1 aliphatic rings. The molecule has 214 valence electrons. The zero-order valence-electron chi connectivity index (χ0n) is 21.3. The Hall–Kier alpha value is -2.91. The standard InChI is InChI=1S/C25H23Br2F3N4O5S/c1-4-38-23(36)16-11(3)19(24(37)39-5-2)40-22(16)32-21(35)18-17(27)20-31-14(12-6-8-13(26)9-7-12)10-15(25(28,29)30)34(20)33-18/h6-9,14-15,31H,4-5,10H2,1-3H3,(H,32,35)/t14-,15-/m1/s1. The molecule has 1 aliphatic heterocycles. The van der Waals surface area contributed by atoms with Crippen molar-refractivity contribution in [2.45, 2.75) is 45.5 Å². The average Bonchev–Trinajstić information content (AvgIpc) is 3.40. The lowest BCUT2D eigenvalue weighted by atomic mass is 9.97. The molecule has 3 heterocycles. The molecule has 2 aromatic heterocycles. The normalized spacial score (nSPS) is 16.6. The second-order valence-corrected chi connectivity index (χ2v) is 11.4. The number of rotatable bonds is 7. The van der Waals surface area contributed by atoms with Gasteiger partial charge in [-0.1, -0.05) is 28.1 Å². The number of ether oxygens (including phenoxy) is 2. The fourth-order valence-corrected chi connectivity index (χ4v) is 6.16. The zero-order valence-corrected chi connectivity index (χ0v) is 25.3. The molecule has 2 N–H and O–H groups in total. The van der Waals surface area contributed by atoms with Crippen molar-refractivity contribution in [3.63, 3.8) is 0 Å². The Morgan fingerprint density at radius 3 is 2.35 bits per heavy atom. The molecule has 0 saturated heterocycles. The maximum atomic E-state index is 14.2. The summed E-state index contributed by atoms with van der Waals surface area (Å²) in [4.78, 5) is 38.6. The van der Waals surface area contributed by atoms with Crippen LogP contribution in [0.1, 0.15) is 74.0 Å². The molecule has 0 fully saturated rings. The van der Waals surface area contributed by atoms with Crippen LogP contribution in [0.2, 0.25) is 0 Å². The fraction of sp³-hybridized carbons (Fsp3) is 0.360. The minimum atomic E-state index is -4.65. The number of halogens is 5. The number of alkyl halides is 3. The summed E-state index contributed by atoms with van der Waals surface area (Å²) < 4.78 is 54.1. The Balaban J connectivity index is 1.72. The van der Waals surface area contributed by atoms with Crippen molar-refractivity contribution in [1.82, 2.24) is 9.78 Å². The lowest BCUT2D eigenvalue weighted by Crippen LogP contribution is -2.35. The van der Waals surface area contributed by atoms with E-state index in [0.717, 1.165) is 20.5 Å². The van der Waals surface area contributed by atoms with Gasteiger partial charge in [0.2, 0.25) is 0 Å². The summed E-state index contributed by atoms with van der Waals surface area (Å²) >= 11 is 7.37. The molecule has 0 aliphatic carbocycles. The van der Waals surface area contributed by atoms with Gasteiger partial charge in [-0.05, 0) is 60.0 Å². The van der Waals surface area contributed by atoms with Gasteiger partial charge < -0.3 is 20.1 Å². The Kier molecular flexibility index (Phi) is 8.95. The Labute approximate surface area is 247 Å². The number of carbonyl (C=O) groups excluding carboxylic acids is 3. The number of anilines is 2. The second-order valence-electron chi connectivity index (χ2n) is 8.65. The smallest absolute Gasteiger partial charge is 0.410 e. The van der Waals surface area contributed by atoms with E-state index in [2.05, 4.69) is 47.6 Å². The first-order chi connectivity index (χ1) is 18.9. The highest BCUT2D eigenvalue weighted by Gasteiger charge is 2.48. The molecule has 1 amide bonds. The van der Waals surface area contributed by atoms with Crippen LogP contribution in [-0.4, -0.2) is 47.0 Å². The van der Waals surface area contributed by atoms with E-state index in [0.29, 0.717) is 5.56 Å². The summed E-state index contributed by atoms with van der Waals surface area (Å²) in [7, 11) is 0. The summed E-state index contributed by atoms with van der Waals surface area (Å²) in [6.45, 7) is 4.86. The van der Waals surface area contributed by atoms with Crippen molar-refractivity contribution in [3.05, 3.63) is 60.5 Å². The molecule has 3 aromatic rings. The van der Waals surface area contributed by atoms with Crippen LogP contribution in [0.4, 0.5) is 24.0 Å². The maximum Gasteiger partial charge on any atom is 0.410 e. The molecule has 1 aromatic carbocycles. The SMILES string of the molecule is CCOC(=O)c1sc(NC(=O)c2nn3c(c2Br)N[C@@H](c2ccc(Br)cc2)C[C@@H]3C(F)(F)F)c(C(=O)OCC)c1C. The van der Waals surface area contributed by atoms with Gasteiger partial charge in [-0.15, -0.1) is 11.3 Å². The topological polar surface area (TPSA) is 112 Å². The van der Waals surface area contributed by atoms with E-state index in [9.17, 15) is 27.6 Å². The molecule has 0 saturated carbocycles. The molecular formula is C25H23Br2F3N4O5S. The summed E-state index contributed by atoms with van der Waals surface area (Å²) in [5.74, 6) is -2.38. The molecule has 0 spiro atoms. The number of carbonyl (C=O) groups is 3. The number of thiophene rings is 1. The van der Waals surface area contributed by atoms with Crippen LogP contribution in [0.25, 0.3) is 0 Å². The summed E-state index contributed by atoms with van der Waals surface area (Å²) in [6, 6.07) is 4.16. The molecule has 40 heavy (non-hydrogen) atoms. The first-order valence-corrected chi connectivity index (χ1v) is 14.4. The van der Waals surface area contributed by atoms with E-state index in [4.69, 9.17) is 9.47 Å². The van der Waals surface area contributed by atoms with Crippen LogP contribution in [-0.2, 0) is 9.47 Å². The van der Waals surface area contributed by atoms with Crippen LogP contribution in [0.5, 0.6) is 0 Å². The van der Waals surface area contributed by atoms with Crippen LogP contribution < -0.4 is 10.6 Å². The minimum Gasteiger partial charge on any atom is -0.462 e. The van der Waals surface area contributed by atoms with Crippen molar-refractivity contribution in [2.75, 3.05) is 23.8 Å². The number of amides is 1. The zero-order chi connectivity index (χ0) is 29.4. The number of hydrogen-bond donors (Lipinski definition) is 2. The van der Waals surface area contributed by atoms with Crippen LogP contribution >= 0.6 is 43.2 Å². The highest BCUT2D eigenvalue weighted by molar-refractivity contribution is 9.11. The van der Waals surface area contributed by atoms with E-state index in [1.54, 1.807) is 38.1 Å². The largest absolute Gasteiger partial charge is 0.462 e. The maximum absolute atomic E-state index is 14.2. The molecule has 2 atom stereocenters. The lowest BCUT2D eigenvalue weighted by Gasteiger charge is -2.33. The predicted molar refractivity (Wildman–Crippen MR) is 149 cm³/mol. The number of aromatic nitrogens is 2. The van der Waals surface area contributed by atoms with E-state index in [1.165, 1.54) is 6.92 Å². The summed E-state index contributed by atoms with van der Waals surface area (Å²) in [6.07, 6.45) is -5.01. The van der Waals surface area contributed by atoms with Gasteiger partial charge in [0, 0.05) is 10.9 Å². The number of esters is 2. The van der Waals surface area contributed by atoms with Gasteiger partial charge in [-0.3, -0.25) is 4.79 Å². The Morgan fingerprint density at radius 1 is 1.12 bits per heavy atom. The summed E-state index contributed by atoms with van der Waals surface area (Å²) in [5.41, 5.74) is 0.482. The summed E-state index contributed by atoms with van der Waals surface area (Å²) in [5, 5.41) is 9.57. The van der Waals surface area contributed by atoms with E-state index in [-0.39, 0.29) is 56.6 Å². The number of fused-ring (bicyclic) bond motifs is 1. The van der Waals surface area contributed by atoms with Crippen molar-refractivity contribution in [3.8, 4) is 0 Å². The molecule has 0 radical (unpaired) electrons. The highest BCUT2D eigenvalue weighted by atomic mass is 79.9. The molecular weight excluding hydrogens is 685 g/mol. The van der Waals surface area contributed by atoms with Crippen molar-refractivity contribution >= 4 is 71.9 Å². The number of nitrogens with one attached hydrogen (secondary N) is 2. The van der Waals surface area contributed by atoms with Gasteiger partial charge in [-0.2, -0.15) is 18.3 Å². The van der Waals surface area contributed by atoms with E-state index >= 15 is 0 Å². The Morgan fingerprint density at radius 2 is 1.75 bits per heavy atom. The monoisotopic (exact) mass is 706 g/mol. The average molecular weight is 708 g/mol. The van der Waals surface area contributed by atoms with E-state index < -0.39 is 36.1 Å². The number of nitrogens with zero attached hydrogens (tertiary/aromatic N) is 2. The van der Waals surface area contributed by atoms with Gasteiger partial charge in [0.1, 0.15) is 15.7 Å². The second kappa shape index (κ2) is 11.9. The molecule has 9 nitrogen and oxygen atoms in total. The van der Waals surface area contributed by atoms with Gasteiger partial charge >= 0.3 is 18.1 Å². The van der Waals surface area contributed by atoms with Crippen LogP contribution in [0, 0.1) is 6.92 Å². The van der Waals surface area contributed by atoms with E-state index in [1.807, 2.05) is 0 Å². The van der Waals surface area contributed by atoms with Gasteiger partial charge in [0.25, 0.3) is 5.91 Å². The fourth-order valence-electron chi connectivity index (χ4n) is 4.25. The molecule has 4 rings (SSSR count). The van der Waals surface area contributed by atoms with Crippen LogP contribution in [0.3, 0.4) is 0 Å². The number of hydrogen-bond acceptors (Lipinski definition) is 8. The third kappa shape index (κ3) is 5.91. The third-order valence-electron chi connectivity index (χ3n) is 6.10. The van der Waals surface area contributed by atoms with Crippen molar-refractivity contribution in [1.29, 1.82) is 0 Å². The quantitative estimate of drug-likeness (QED) is 0.253. The first-order valence-electron chi connectivity index (χ1n) is 12.0. The molecule has 0 unspecified atom stereocenters. The van der Waals surface area contributed by atoms with Gasteiger partial charge in [0.15, 0.2) is 11.7 Å². The third-order valence-corrected chi connectivity index (χ3v) is 8.56. The predicted octanol–water partition coefficient (Wildman–Crippen LogP) is 7.04. The molecule has 0 bridgehead atoms. The molecule has 15 heteroatoms. The lowest BCUT2D eigenvalue weighted by molar-refractivity contribution is -0.173. The van der Waals surface area contributed by atoms with Crippen molar-refractivity contribution in [2.24, 2.45) is 0 Å². The van der Waals surface area contributed by atoms with Crippen molar-refractivity contribution < 1.29 is 37.0 Å². The number of benzene rings is 1. The first kappa shape index (κ1) is 30.1. The minimum absolute atomic E-state index is 0.0117.